The Morgan fingerprint density at radius 3 is 2.68 bits per heavy atom. The van der Waals surface area contributed by atoms with Crippen LogP contribution < -0.4 is 10.2 Å². The highest BCUT2D eigenvalue weighted by Gasteiger charge is 2.18. The molecule has 2 heterocycles. The van der Waals surface area contributed by atoms with E-state index in [9.17, 15) is 4.79 Å². The molecule has 1 amide bonds. The van der Waals surface area contributed by atoms with E-state index in [0.29, 0.717) is 10.8 Å². The number of hydrogen-bond acceptors (Lipinski definition) is 6. The fourth-order valence-electron chi connectivity index (χ4n) is 3.32. The molecule has 162 valence electrons. The van der Waals surface area contributed by atoms with Gasteiger partial charge in [0.1, 0.15) is 0 Å². The van der Waals surface area contributed by atoms with Crippen molar-refractivity contribution in [3.63, 3.8) is 0 Å². The highest BCUT2D eigenvalue weighted by atomic mass is 79.9. The molecule has 2 aromatic carbocycles. The first kappa shape index (κ1) is 22.6. The minimum absolute atomic E-state index is 0.0666. The number of hydrogen-bond donors (Lipinski definition) is 1. The first-order valence-electron chi connectivity index (χ1n) is 9.85. The molecular formula is C22H22BrClN4OS2. The lowest BCUT2D eigenvalue weighted by Gasteiger charge is -2.35. The van der Waals surface area contributed by atoms with Crippen LogP contribution in [0.15, 0.2) is 56.7 Å². The van der Waals surface area contributed by atoms with E-state index >= 15 is 0 Å². The van der Waals surface area contributed by atoms with Gasteiger partial charge in [0.25, 0.3) is 0 Å². The maximum absolute atomic E-state index is 12.7. The Labute approximate surface area is 203 Å². The van der Waals surface area contributed by atoms with Crippen molar-refractivity contribution in [1.29, 1.82) is 0 Å². The fourth-order valence-corrected chi connectivity index (χ4v) is 5.39. The number of anilines is 2. The number of nitrogens with one attached hydrogen (secondary N) is 1. The van der Waals surface area contributed by atoms with E-state index in [0.717, 1.165) is 57.6 Å². The second kappa shape index (κ2) is 10.4. The number of halogens is 2. The molecule has 0 radical (unpaired) electrons. The smallest absolute Gasteiger partial charge is 0.234 e. The minimum atomic E-state index is -0.0666. The van der Waals surface area contributed by atoms with Gasteiger partial charge in [-0.1, -0.05) is 51.4 Å². The molecular weight excluding hydrogens is 516 g/mol. The van der Waals surface area contributed by atoms with Gasteiger partial charge < -0.3 is 15.1 Å². The van der Waals surface area contributed by atoms with Gasteiger partial charge in [0, 0.05) is 46.6 Å². The number of piperazine rings is 1. The minimum Gasteiger partial charge on any atom is -0.367 e. The van der Waals surface area contributed by atoms with Crippen molar-refractivity contribution in [1.82, 2.24) is 9.88 Å². The number of carbonyl (C=O) groups excluding carboxylic acids is 1. The maximum atomic E-state index is 12.7. The van der Waals surface area contributed by atoms with E-state index in [4.69, 9.17) is 11.6 Å². The van der Waals surface area contributed by atoms with Gasteiger partial charge in [-0.15, -0.1) is 11.3 Å². The third-order valence-corrected chi connectivity index (χ3v) is 7.81. The summed E-state index contributed by atoms with van der Waals surface area (Å²) in [5.41, 5.74) is 3.76. The highest BCUT2D eigenvalue weighted by Crippen LogP contribution is 2.32. The van der Waals surface area contributed by atoms with E-state index in [1.807, 2.05) is 47.8 Å². The molecule has 0 saturated carbocycles. The van der Waals surface area contributed by atoms with Crippen LogP contribution in [-0.2, 0) is 4.79 Å². The first-order chi connectivity index (χ1) is 15.0. The van der Waals surface area contributed by atoms with E-state index in [1.165, 1.54) is 11.8 Å². The summed E-state index contributed by atoms with van der Waals surface area (Å²) in [6, 6.07) is 13.7. The summed E-state index contributed by atoms with van der Waals surface area (Å²) in [6.45, 7) is 3.84. The van der Waals surface area contributed by atoms with Crippen LogP contribution in [-0.4, -0.2) is 54.8 Å². The standard InChI is InChI=1S/C22H22BrClN4OS2/c1-27-8-10-28(11-9-27)20-7-6-17(24)12-18(20)25-21(29)14-31-22-26-19(13-30-22)15-2-4-16(23)5-3-15/h2-7,12-13H,8-11,14H2,1H3,(H,25,29). The second-order valence-electron chi connectivity index (χ2n) is 7.29. The molecule has 1 aliphatic rings. The molecule has 0 atom stereocenters. The zero-order valence-corrected chi connectivity index (χ0v) is 21.0. The van der Waals surface area contributed by atoms with Gasteiger partial charge in [-0.3, -0.25) is 4.79 Å². The maximum Gasteiger partial charge on any atom is 0.234 e. The molecule has 0 unspecified atom stereocenters. The molecule has 3 aromatic rings. The highest BCUT2D eigenvalue weighted by molar-refractivity contribution is 9.10. The molecule has 1 aromatic heterocycles. The number of aromatic nitrogens is 1. The van der Waals surface area contributed by atoms with Gasteiger partial charge in [-0.25, -0.2) is 4.98 Å². The van der Waals surface area contributed by atoms with Gasteiger partial charge in [0.05, 0.1) is 22.8 Å². The van der Waals surface area contributed by atoms with Gasteiger partial charge in [-0.2, -0.15) is 0 Å². The van der Waals surface area contributed by atoms with Crippen LogP contribution in [0.25, 0.3) is 11.3 Å². The van der Waals surface area contributed by atoms with Gasteiger partial charge >= 0.3 is 0 Å². The molecule has 1 aliphatic heterocycles. The zero-order valence-electron chi connectivity index (χ0n) is 17.0. The predicted molar refractivity (Wildman–Crippen MR) is 136 cm³/mol. The normalized spacial score (nSPS) is 14.6. The lowest BCUT2D eigenvalue weighted by atomic mass is 10.2. The third kappa shape index (κ3) is 6.02. The average Bonchev–Trinajstić information content (AvgIpc) is 3.23. The Balaban J connectivity index is 1.38. The number of rotatable bonds is 6. The van der Waals surface area contributed by atoms with Crippen LogP contribution in [0.5, 0.6) is 0 Å². The van der Waals surface area contributed by atoms with Crippen molar-refractivity contribution in [3.05, 3.63) is 57.3 Å². The Hall–Kier alpha value is -1.58. The van der Waals surface area contributed by atoms with Crippen LogP contribution in [0.4, 0.5) is 11.4 Å². The van der Waals surface area contributed by atoms with Crippen molar-refractivity contribution in [2.45, 2.75) is 4.34 Å². The molecule has 9 heteroatoms. The van der Waals surface area contributed by atoms with Crippen molar-refractivity contribution >= 4 is 67.9 Å². The van der Waals surface area contributed by atoms with Crippen molar-refractivity contribution < 1.29 is 4.79 Å². The molecule has 0 spiro atoms. The molecule has 31 heavy (non-hydrogen) atoms. The molecule has 1 saturated heterocycles. The molecule has 5 nitrogen and oxygen atoms in total. The number of nitrogens with zero attached hydrogens (tertiary/aromatic N) is 3. The van der Waals surface area contributed by atoms with E-state index in [1.54, 1.807) is 11.3 Å². The van der Waals surface area contributed by atoms with E-state index < -0.39 is 0 Å². The SMILES string of the molecule is CN1CCN(c2ccc(Cl)cc2NC(=O)CSc2nc(-c3ccc(Br)cc3)cs2)CC1. The molecule has 1 fully saturated rings. The van der Waals surface area contributed by atoms with Gasteiger partial charge in [0.15, 0.2) is 4.34 Å². The summed E-state index contributed by atoms with van der Waals surface area (Å²) >= 11 is 12.7. The lowest BCUT2D eigenvalue weighted by molar-refractivity contribution is -0.113. The molecule has 0 aliphatic carbocycles. The van der Waals surface area contributed by atoms with Crippen molar-refractivity contribution in [3.8, 4) is 11.3 Å². The van der Waals surface area contributed by atoms with Crippen LogP contribution in [0.1, 0.15) is 0 Å². The Morgan fingerprint density at radius 2 is 1.94 bits per heavy atom. The Kier molecular flexibility index (Phi) is 7.55. The number of amides is 1. The molecule has 4 rings (SSSR count). The zero-order chi connectivity index (χ0) is 21.8. The summed E-state index contributed by atoms with van der Waals surface area (Å²) in [4.78, 5) is 21.9. The van der Waals surface area contributed by atoms with E-state index in [-0.39, 0.29) is 5.91 Å². The summed E-state index contributed by atoms with van der Waals surface area (Å²) in [6.07, 6.45) is 0. The average molecular weight is 538 g/mol. The quantitative estimate of drug-likeness (QED) is 0.408. The van der Waals surface area contributed by atoms with Gasteiger partial charge in [0.2, 0.25) is 5.91 Å². The largest absolute Gasteiger partial charge is 0.367 e. The van der Waals surface area contributed by atoms with Crippen molar-refractivity contribution in [2.75, 3.05) is 49.2 Å². The number of likely N-dealkylation sites (N-methyl/N-ethyl adjacent to an activating group) is 1. The summed E-state index contributed by atoms with van der Waals surface area (Å²) < 4.78 is 1.91. The van der Waals surface area contributed by atoms with E-state index in [2.05, 4.69) is 43.1 Å². The third-order valence-electron chi connectivity index (χ3n) is 5.03. The Bertz CT molecular complexity index is 1050. The predicted octanol–water partition coefficient (Wildman–Crippen LogP) is 5.71. The number of thiazole rings is 1. The number of thioether (sulfide) groups is 1. The number of carbonyl (C=O) groups is 1. The fraction of sp³-hybridized carbons (Fsp3) is 0.273. The first-order valence-corrected chi connectivity index (χ1v) is 12.9. The monoisotopic (exact) mass is 536 g/mol. The lowest BCUT2D eigenvalue weighted by Crippen LogP contribution is -2.44. The Morgan fingerprint density at radius 1 is 1.19 bits per heavy atom. The van der Waals surface area contributed by atoms with Crippen molar-refractivity contribution in [2.24, 2.45) is 0 Å². The molecule has 0 bridgehead atoms. The summed E-state index contributed by atoms with van der Waals surface area (Å²) in [5.74, 6) is 0.227. The topological polar surface area (TPSA) is 48.5 Å². The summed E-state index contributed by atoms with van der Waals surface area (Å²) in [7, 11) is 2.12. The van der Waals surface area contributed by atoms with Gasteiger partial charge in [-0.05, 0) is 37.4 Å². The van der Waals surface area contributed by atoms with Crippen LogP contribution in [0.3, 0.4) is 0 Å². The van der Waals surface area contributed by atoms with Crippen LogP contribution in [0.2, 0.25) is 5.02 Å². The summed E-state index contributed by atoms with van der Waals surface area (Å²) in [5, 5.41) is 5.68. The van der Waals surface area contributed by atoms with Crippen LogP contribution >= 0.6 is 50.6 Å². The molecule has 1 N–H and O–H groups in total. The second-order valence-corrected chi connectivity index (χ2v) is 10.7. The van der Waals surface area contributed by atoms with Crippen LogP contribution in [0, 0.1) is 0 Å². The number of benzene rings is 2.